The fraction of sp³-hybridized carbons (Fsp3) is 0.500. The minimum absolute atomic E-state index is 0.572. The summed E-state index contributed by atoms with van der Waals surface area (Å²) < 4.78 is 6.54. The van der Waals surface area contributed by atoms with E-state index in [1.807, 2.05) is 6.20 Å². The van der Waals surface area contributed by atoms with Crippen molar-refractivity contribution in [3.05, 3.63) is 36.5 Å². The van der Waals surface area contributed by atoms with Crippen LogP contribution in [0.15, 0.2) is 36.5 Å². The van der Waals surface area contributed by atoms with E-state index in [2.05, 4.69) is 45.4 Å². The molecule has 31 heavy (non-hydrogen) atoms. The van der Waals surface area contributed by atoms with Gasteiger partial charge in [0.25, 0.3) is 0 Å². The minimum atomic E-state index is 0.572. The monoisotopic (exact) mass is 435 g/mol. The summed E-state index contributed by atoms with van der Waals surface area (Å²) >= 11 is 1.77. The smallest absolute Gasteiger partial charge is 0.128 e. The van der Waals surface area contributed by atoms with Gasteiger partial charge in [0.15, 0.2) is 0 Å². The van der Waals surface area contributed by atoms with Gasteiger partial charge in [-0.15, -0.1) is 11.3 Å². The zero-order chi connectivity index (χ0) is 20.6. The first-order valence-electron chi connectivity index (χ1n) is 11.5. The summed E-state index contributed by atoms with van der Waals surface area (Å²) in [4.78, 5) is 14.5. The molecule has 0 radical (unpaired) electrons. The molecule has 162 valence electrons. The van der Waals surface area contributed by atoms with Crippen LogP contribution in [0.1, 0.15) is 25.7 Å². The van der Waals surface area contributed by atoms with Gasteiger partial charge < -0.3 is 19.9 Å². The number of nitrogens with one attached hydrogen (secondary N) is 1. The molecule has 6 nitrogen and oxygen atoms in total. The van der Waals surface area contributed by atoms with Gasteiger partial charge in [0, 0.05) is 49.7 Å². The van der Waals surface area contributed by atoms with Crippen LogP contribution in [0.25, 0.3) is 20.8 Å². The molecule has 7 heteroatoms. The van der Waals surface area contributed by atoms with Gasteiger partial charge in [0.1, 0.15) is 10.8 Å². The number of anilines is 2. The van der Waals surface area contributed by atoms with Gasteiger partial charge in [0.2, 0.25) is 0 Å². The second-order valence-electron chi connectivity index (χ2n) is 8.93. The maximum atomic E-state index is 5.29. The number of fused-ring (bicyclic) bond motifs is 1. The summed E-state index contributed by atoms with van der Waals surface area (Å²) in [5.74, 6) is 1.09. The van der Waals surface area contributed by atoms with Crippen LogP contribution in [0, 0.1) is 0 Å². The first kappa shape index (κ1) is 19.5. The van der Waals surface area contributed by atoms with Crippen LogP contribution in [-0.4, -0.2) is 61.4 Å². The molecule has 0 aliphatic carbocycles. The van der Waals surface area contributed by atoms with Crippen molar-refractivity contribution in [2.24, 2.45) is 0 Å². The highest BCUT2D eigenvalue weighted by Crippen LogP contribution is 2.33. The Kier molecular flexibility index (Phi) is 5.26. The van der Waals surface area contributed by atoms with Gasteiger partial charge >= 0.3 is 0 Å². The van der Waals surface area contributed by atoms with Crippen molar-refractivity contribution in [1.82, 2.24) is 15.3 Å². The molecule has 1 aromatic carbocycles. The van der Waals surface area contributed by atoms with Crippen molar-refractivity contribution in [1.29, 1.82) is 0 Å². The highest BCUT2D eigenvalue weighted by atomic mass is 32.1. The third-order valence-electron chi connectivity index (χ3n) is 6.77. The van der Waals surface area contributed by atoms with Crippen molar-refractivity contribution in [3.8, 4) is 10.6 Å². The SMILES string of the molecule is c1cc(N2CCCC2)ncc1-c1nc2ccc(N3CCC(NC4COC4)CC3)cc2s1. The third-order valence-corrected chi connectivity index (χ3v) is 7.83. The molecule has 3 fully saturated rings. The minimum Gasteiger partial charge on any atom is -0.378 e. The van der Waals surface area contributed by atoms with E-state index >= 15 is 0 Å². The van der Waals surface area contributed by atoms with E-state index in [1.54, 1.807) is 11.3 Å². The number of piperidine rings is 1. The average molecular weight is 436 g/mol. The first-order valence-corrected chi connectivity index (χ1v) is 12.3. The molecule has 0 atom stereocenters. The Balaban J connectivity index is 1.15. The Morgan fingerprint density at radius 1 is 0.935 bits per heavy atom. The van der Waals surface area contributed by atoms with Gasteiger partial charge in [-0.3, -0.25) is 0 Å². The van der Waals surface area contributed by atoms with Crippen LogP contribution in [0.2, 0.25) is 0 Å². The Labute approximate surface area is 187 Å². The van der Waals surface area contributed by atoms with E-state index in [1.165, 1.54) is 36.1 Å². The van der Waals surface area contributed by atoms with Crippen molar-refractivity contribution >= 4 is 33.1 Å². The number of benzene rings is 1. The lowest BCUT2D eigenvalue weighted by atomic mass is 10.0. The van der Waals surface area contributed by atoms with E-state index in [0.29, 0.717) is 12.1 Å². The summed E-state index contributed by atoms with van der Waals surface area (Å²) in [7, 11) is 0. The summed E-state index contributed by atoms with van der Waals surface area (Å²) in [5, 5.41) is 4.79. The summed E-state index contributed by atoms with van der Waals surface area (Å²) in [6, 6.07) is 12.2. The molecule has 0 spiro atoms. The lowest BCUT2D eigenvalue weighted by Gasteiger charge is -2.37. The van der Waals surface area contributed by atoms with Crippen molar-refractivity contribution in [3.63, 3.8) is 0 Å². The Morgan fingerprint density at radius 3 is 2.48 bits per heavy atom. The fourth-order valence-corrected chi connectivity index (χ4v) is 5.84. The number of aromatic nitrogens is 2. The lowest BCUT2D eigenvalue weighted by molar-refractivity contribution is -0.0111. The van der Waals surface area contributed by atoms with Gasteiger partial charge in [-0.2, -0.15) is 0 Å². The number of nitrogens with zero attached hydrogens (tertiary/aromatic N) is 4. The Hall–Kier alpha value is -2.22. The predicted octanol–water partition coefficient (Wildman–Crippen LogP) is 3.92. The van der Waals surface area contributed by atoms with E-state index in [0.717, 1.165) is 61.3 Å². The molecule has 3 saturated heterocycles. The number of thiazole rings is 1. The lowest BCUT2D eigenvalue weighted by Crippen LogP contribution is -2.53. The van der Waals surface area contributed by atoms with Crippen LogP contribution in [0.3, 0.4) is 0 Å². The van der Waals surface area contributed by atoms with Gasteiger partial charge in [-0.1, -0.05) is 0 Å². The summed E-state index contributed by atoms with van der Waals surface area (Å²) in [5.41, 5.74) is 3.50. The second kappa shape index (κ2) is 8.37. The molecule has 2 aromatic heterocycles. The second-order valence-corrected chi connectivity index (χ2v) is 9.96. The molecule has 0 unspecified atom stereocenters. The highest BCUT2D eigenvalue weighted by molar-refractivity contribution is 7.21. The number of hydrogen-bond donors (Lipinski definition) is 1. The summed E-state index contributed by atoms with van der Waals surface area (Å²) in [6.45, 7) is 6.20. The number of pyridine rings is 1. The molecule has 1 N–H and O–H groups in total. The third kappa shape index (κ3) is 4.02. The van der Waals surface area contributed by atoms with Crippen LogP contribution in [0.4, 0.5) is 11.5 Å². The first-order chi connectivity index (χ1) is 15.3. The molecule has 0 amide bonds. The van der Waals surface area contributed by atoms with Crippen molar-refractivity contribution in [2.45, 2.75) is 37.8 Å². The fourth-order valence-electron chi connectivity index (χ4n) is 4.85. The predicted molar refractivity (Wildman–Crippen MR) is 127 cm³/mol. The molecule has 3 aromatic rings. The maximum Gasteiger partial charge on any atom is 0.128 e. The molecule has 3 aliphatic rings. The van der Waals surface area contributed by atoms with E-state index < -0.39 is 0 Å². The quantitative estimate of drug-likeness (QED) is 0.656. The molecule has 0 bridgehead atoms. The van der Waals surface area contributed by atoms with Crippen LogP contribution in [0.5, 0.6) is 0 Å². The molecule has 6 rings (SSSR count). The molecule has 3 aliphatic heterocycles. The van der Waals surface area contributed by atoms with Gasteiger partial charge in [0.05, 0.1) is 29.5 Å². The molecule has 5 heterocycles. The average Bonchev–Trinajstić information content (AvgIpc) is 3.46. The molecular weight excluding hydrogens is 406 g/mol. The van der Waals surface area contributed by atoms with E-state index in [9.17, 15) is 0 Å². The summed E-state index contributed by atoms with van der Waals surface area (Å²) in [6.07, 6.45) is 6.91. The van der Waals surface area contributed by atoms with Crippen LogP contribution >= 0.6 is 11.3 Å². The van der Waals surface area contributed by atoms with Gasteiger partial charge in [-0.05, 0) is 56.0 Å². The Bertz CT molecular complexity index is 1030. The van der Waals surface area contributed by atoms with Crippen LogP contribution in [-0.2, 0) is 4.74 Å². The maximum absolute atomic E-state index is 5.29. The van der Waals surface area contributed by atoms with Crippen molar-refractivity contribution < 1.29 is 4.74 Å². The number of ether oxygens (including phenoxy) is 1. The van der Waals surface area contributed by atoms with Gasteiger partial charge in [-0.25, -0.2) is 9.97 Å². The molecule has 0 saturated carbocycles. The highest BCUT2D eigenvalue weighted by Gasteiger charge is 2.25. The zero-order valence-electron chi connectivity index (χ0n) is 17.8. The topological polar surface area (TPSA) is 53.5 Å². The van der Waals surface area contributed by atoms with Crippen LogP contribution < -0.4 is 15.1 Å². The Morgan fingerprint density at radius 2 is 1.77 bits per heavy atom. The standard InChI is InChI=1S/C24H29N5OS/c1-2-10-29(9-1)23-6-3-17(14-25-23)24-27-21-5-4-20(13-22(21)31-24)28-11-7-18(8-12-28)26-19-15-30-16-19/h3-6,13-14,18-19,26H,1-2,7-12,15-16H2. The molecular formula is C24H29N5OS. The van der Waals surface area contributed by atoms with Crippen molar-refractivity contribution in [2.75, 3.05) is 49.2 Å². The largest absolute Gasteiger partial charge is 0.378 e. The normalized spacial score (nSPS) is 20.5. The zero-order valence-corrected chi connectivity index (χ0v) is 18.6. The van der Waals surface area contributed by atoms with E-state index in [4.69, 9.17) is 14.7 Å². The van der Waals surface area contributed by atoms with E-state index in [-0.39, 0.29) is 0 Å². The number of hydrogen-bond acceptors (Lipinski definition) is 7. The number of rotatable bonds is 5.